The topological polar surface area (TPSA) is 61.8 Å². The summed E-state index contributed by atoms with van der Waals surface area (Å²) in [6, 6.07) is 19.8. The van der Waals surface area contributed by atoms with Crippen LogP contribution in [0.3, 0.4) is 0 Å². The molecular formula is C25H28O5. The lowest BCUT2D eigenvalue weighted by molar-refractivity contribution is -0.150. The summed E-state index contributed by atoms with van der Waals surface area (Å²) < 4.78 is 18.1. The maximum atomic E-state index is 12.0. The van der Waals surface area contributed by atoms with E-state index in [2.05, 4.69) is 0 Å². The Morgan fingerprint density at radius 2 is 1.43 bits per heavy atom. The smallest absolute Gasteiger partial charge is 0.143 e. The van der Waals surface area contributed by atoms with E-state index in [4.69, 9.17) is 14.2 Å². The first-order chi connectivity index (χ1) is 14.5. The molecular weight excluding hydrogens is 380 g/mol. The molecule has 0 aliphatic carbocycles. The zero-order valence-electron chi connectivity index (χ0n) is 17.4. The molecule has 1 aliphatic heterocycles. The molecule has 5 nitrogen and oxygen atoms in total. The van der Waals surface area contributed by atoms with E-state index in [9.17, 15) is 9.59 Å². The van der Waals surface area contributed by atoms with Gasteiger partial charge in [-0.1, -0.05) is 72.8 Å². The molecule has 3 rings (SSSR count). The van der Waals surface area contributed by atoms with Crippen molar-refractivity contribution in [3.8, 4) is 0 Å². The Balaban J connectivity index is 1.68. The van der Waals surface area contributed by atoms with Crippen LogP contribution in [-0.4, -0.2) is 36.5 Å². The second-order valence-electron chi connectivity index (χ2n) is 7.48. The zero-order valence-corrected chi connectivity index (χ0v) is 17.4. The quantitative estimate of drug-likeness (QED) is 0.441. The van der Waals surface area contributed by atoms with Crippen molar-refractivity contribution in [2.24, 2.45) is 5.92 Å². The molecule has 30 heavy (non-hydrogen) atoms. The lowest BCUT2D eigenvalue weighted by atomic mass is 9.91. The van der Waals surface area contributed by atoms with Crippen LogP contribution in [0, 0.1) is 5.92 Å². The highest BCUT2D eigenvalue weighted by molar-refractivity contribution is 6.01. The van der Waals surface area contributed by atoms with Crippen LogP contribution in [0.2, 0.25) is 0 Å². The van der Waals surface area contributed by atoms with Gasteiger partial charge in [0, 0.05) is 0 Å². The Morgan fingerprint density at radius 1 is 0.867 bits per heavy atom. The van der Waals surface area contributed by atoms with E-state index in [0.29, 0.717) is 13.2 Å². The molecule has 0 bridgehead atoms. The fourth-order valence-corrected chi connectivity index (χ4v) is 3.54. The highest BCUT2D eigenvalue weighted by Gasteiger charge is 2.36. The maximum Gasteiger partial charge on any atom is 0.143 e. The van der Waals surface area contributed by atoms with Gasteiger partial charge < -0.3 is 14.2 Å². The second-order valence-corrected chi connectivity index (χ2v) is 7.48. The van der Waals surface area contributed by atoms with E-state index in [0.717, 1.165) is 11.1 Å². The van der Waals surface area contributed by atoms with Gasteiger partial charge in [-0.25, -0.2) is 0 Å². The van der Waals surface area contributed by atoms with Gasteiger partial charge in [0.15, 0.2) is 0 Å². The molecule has 0 amide bonds. The van der Waals surface area contributed by atoms with Gasteiger partial charge >= 0.3 is 0 Å². The highest BCUT2D eigenvalue weighted by atomic mass is 16.6. The first kappa shape index (κ1) is 22.1. The Morgan fingerprint density at radius 3 is 2.00 bits per heavy atom. The van der Waals surface area contributed by atoms with Crippen molar-refractivity contribution in [2.75, 3.05) is 6.61 Å². The van der Waals surface area contributed by atoms with Crippen LogP contribution in [0.15, 0.2) is 72.8 Å². The number of ketones is 2. The number of Topliss-reactive ketones (excluding diaryl/α,β-unsaturated/α-hetero) is 2. The van der Waals surface area contributed by atoms with Crippen molar-refractivity contribution in [1.29, 1.82) is 0 Å². The maximum absolute atomic E-state index is 12.0. The molecule has 0 saturated carbocycles. The molecule has 0 fully saturated rings. The molecule has 0 N–H and O–H groups in total. The van der Waals surface area contributed by atoms with Crippen LogP contribution in [0.25, 0.3) is 0 Å². The van der Waals surface area contributed by atoms with Crippen LogP contribution in [-0.2, 0) is 37.0 Å². The SMILES string of the molecule is CC(=O)C(C(C)=O)[C@H]1C=C[C@H](OCc2ccccc2)[C@@H](COCc2ccccc2)O1. The third kappa shape index (κ3) is 6.20. The lowest BCUT2D eigenvalue weighted by Crippen LogP contribution is -2.45. The molecule has 1 heterocycles. The van der Waals surface area contributed by atoms with Gasteiger partial charge in [-0.15, -0.1) is 0 Å². The number of ether oxygens (including phenoxy) is 3. The number of hydrogen-bond acceptors (Lipinski definition) is 5. The number of benzene rings is 2. The average molecular weight is 408 g/mol. The van der Waals surface area contributed by atoms with Gasteiger partial charge in [0.2, 0.25) is 0 Å². The van der Waals surface area contributed by atoms with Gasteiger partial charge in [-0.2, -0.15) is 0 Å². The van der Waals surface area contributed by atoms with Crippen molar-refractivity contribution in [3.63, 3.8) is 0 Å². The van der Waals surface area contributed by atoms with Crippen molar-refractivity contribution < 1.29 is 23.8 Å². The van der Waals surface area contributed by atoms with E-state index >= 15 is 0 Å². The van der Waals surface area contributed by atoms with Gasteiger partial charge in [0.05, 0.1) is 25.9 Å². The predicted octanol–water partition coefficient (Wildman–Crippen LogP) is 3.91. The fourth-order valence-electron chi connectivity index (χ4n) is 3.54. The minimum absolute atomic E-state index is 0.204. The third-order valence-corrected chi connectivity index (χ3v) is 5.07. The van der Waals surface area contributed by atoms with Crippen molar-refractivity contribution in [3.05, 3.63) is 83.9 Å². The molecule has 0 spiro atoms. The minimum Gasteiger partial charge on any atom is -0.374 e. The molecule has 3 atom stereocenters. The highest BCUT2D eigenvalue weighted by Crippen LogP contribution is 2.24. The Kier molecular flexibility index (Phi) is 8.08. The molecule has 0 aromatic heterocycles. The number of hydrogen-bond donors (Lipinski definition) is 0. The second kappa shape index (κ2) is 11.0. The summed E-state index contributed by atoms with van der Waals surface area (Å²) in [5.41, 5.74) is 2.12. The van der Waals surface area contributed by atoms with Crippen molar-refractivity contribution in [2.45, 2.75) is 45.4 Å². The molecule has 0 saturated heterocycles. The van der Waals surface area contributed by atoms with Crippen LogP contribution in [0.5, 0.6) is 0 Å². The summed E-state index contributed by atoms with van der Waals surface area (Å²) in [6.07, 6.45) is 2.27. The largest absolute Gasteiger partial charge is 0.374 e. The summed E-state index contributed by atoms with van der Waals surface area (Å²) in [4.78, 5) is 24.0. The normalized spacial score (nSPS) is 21.0. The van der Waals surface area contributed by atoms with Crippen LogP contribution < -0.4 is 0 Å². The van der Waals surface area contributed by atoms with Gasteiger partial charge in [0.25, 0.3) is 0 Å². The summed E-state index contributed by atoms with van der Waals surface area (Å²) in [7, 11) is 0. The van der Waals surface area contributed by atoms with E-state index < -0.39 is 18.1 Å². The first-order valence-corrected chi connectivity index (χ1v) is 10.2. The minimum atomic E-state index is -0.812. The molecule has 1 aliphatic rings. The van der Waals surface area contributed by atoms with Crippen LogP contribution in [0.4, 0.5) is 0 Å². The lowest BCUT2D eigenvalue weighted by Gasteiger charge is -2.34. The Labute approximate surface area is 177 Å². The van der Waals surface area contributed by atoms with E-state index in [1.807, 2.05) is 66.7 Å². The first-order valence-electron chi connectivity index (χ1n) is 10.2. The van der Waals surface area contributed by atoms with Crippen molar-refractivity contribution in [1.82, 2.24) is 0 Å². The van der Waals surface area contributed by atoms with Gasteiger partial charge in [0.1, 0.15) is 29.7 Å². The molecule has 0 unspecified atom stereocenters. The average Bonchev–Trinajstić information content (AvgIpc) is 2.74. The third-order valence-electron chi connectivity index (χ3n) is 5.07. The summed E-state index contributed by atoms with van der Waals surface area (Å²) >= 11 is 0. The molecule has 5 heteroatoms. The van der Waals surface area contributed by atoms with E-state index in [1.165, 1.54) is 13.8 Å². The zero-order chi connectivity index (χ0) is 21.3. The van der Waals surface area contributed by atoms with Crippen LogP contribution >= 0.6 is 0 Å². The summed E-state index contributed by atoms with van der Waals surface area (Å²) in [5, 5.41) is 0. The predicted molar refractivity (Wildman–Crippen MR) is 114 cm³/mol. The monoisotopic (exact) mass is 408 g/mol. The van der Waals surface area contributed by atoms with E-state index in [-0.39, 0.29) is 24.3 Å². The van der Waals surface area contributed by atoms with Crippen molar-refractivity contribution >= 4 is 11.6 Å². The van der Waals surface area contributed by atoms with Gasteiger partial charge in [-0.05, 0) is 25.0 Å². The Bertz CT molecular complexity index is 832. The summed E-state index contributed by atoms with van der Waals surface area (Å²) in [6.45, 7) is 4.01. The summed E-state index contributed by atoms with van der Waals surface area (Å²) in [5.74, 6) is -1.22. The number of carbonyl (C=O) groups excluding carboxylic acids is 2. The fraction of sp³-hybridized carbons (Fsp3) is 0.360. The van der Waals surface area contributed by atoms with Gasteiger partial charge in [-0.3, -0.25) is 9.59 Å². The molecule has 158 valence electrons. The van der Waals surface area contributed by atoms with E-state index in [1.54, 1.807) is 6.08 Å². The standard InChI is InChI=1S/C25H28O5/c1-18(26)25(19(2)27)23-14-13-22(29-16-21-11-7-4-8-12-21)24(30-23)17-28-15-20-9-5-3-6-10-20/h3-14,22-25H,15-17H2,1-2H3/t22-,23+,24+/m0/s1. The van der Waals surface area contributed by atoms with Crippen LogP contribution in [0.1, 0.15) is 25.0 Å². The number of carbonyl (C=O) groups is 2. The molecule has 0 radical (unpaired) electrons. The molecule has 2 aromatic rings. The molecule has 2 aromatic carbocycles. The Hall–Kier alpha value is -2.60. The number of rotatable bonds is 10.